The van der Waals surface area contributed by atoms with Gasteiger partial charge in [0.2, 0.25) is 0 Å². The zero-order valence-electron chi connectivity index (χ0n) is 11.6. The first-order chi connectivity index (χ1) is 7.97. The number of aliphatic hydroxyl groups excluding tert-OH is 1. The molecule has 0 saturated heterocycles. The van der Waals surface area contributed by atoms with E-state index in [2.05, 4.69) is 20.8 Å². The highest BCUT2D eigenvalue weighted by atomic mass is 16.5. The summed E-state index contributed by atoms with van der Waals surface area (Å²) in [5.41, 5.74) is 0. The van der Waals surface area contributed by atoms with Crippen molar-refractivity contribution < 1.29 is 19.7 Å². The summed E-state index contributed by atoms with van der Waals surface area (Å²) in [5.74, 6) is 0.735. The molecule has 2 atom stereocenters. The molecule has 1 fully saturated rings. The van der Waals surface area contributed by atoms with Gasteiger partial charge in [0.15, 0.2) is 0 Å². The summed E-state index contributed by atoms with van der Waals surface area (Å²) in [6.07, 6.45) is 4.90. The molecule has 1 aliphatic rings. The van der Waals surface area contributed by atoms with Gasteiger partial charge in [0.1, 0.15) is 12.4 Å². The third-order valence-corrected chi connectivity index (χ3v) is 2.14. The number of aliphatic hydroxyl groups is 2. The van der Waals surface area contributed by atoms with Crippen molar-refractivity contribution in [3.8, 4) is 0 Å². The second kappa shape index (κ2) is 13.5. The Morgan fingerprint density at radius 3 is 2.18 bits per heavy atom. The molecule has 0 amide bonds. The van der Waals surface area contributed by atoms with Gasteiger partial charge in [-0.15, -0.1) is 0 Å². The summed E-state index contributed by atoms with van der Waals surface area (Å²) < 4.78 is 4.87. The Kier molecular flexibility index (Phi) is 14.8. The van der Waals surface area contributed by atoms with Crippen molar-refractivity contribution in [2.24, 2.45) is 5.92 Å². The minimum atomic E-state index is -1.17. The minimum absolute atomic E-state index is 0.209. The Hall–Kier alpha value is -0.610. The summed E-state index contributed by atoms with van der Waals surface area (Å²) >= 11 is 0. The van der Waals surface area contributed by atoms with Crippen LogP contribution in [0, 0.1) is 5.92 Å². The molecule has 0 aliphatic heterocycles. The predicted molar refractivity (Wildman–Crippen MR) is 68.4 cm³/mol. The monoisotopic (exact) mass is 248 g/mol. The number of rotatable bonds is 2. The smallest absolute Gasteiger partial charge is 0.293 e. The lowest BCUT2D eigenvalue weighted by Crippen LogP contribution is -2.20. The maximum absolute atomic E-state index is 9.96. The van der Waals surface area contributed by atoms with Gasteiger partial charge in [-0.3, -0.25) is 4.79 Å². The van der Waals surface area contributed by atoms with Crippen LogP contribution in [0.2, 0.25) is 0 Å². The van der Waals surface area contributed by atoms with E-state index in [0.717, 1.165) is 18.8 Å². The molecule has 0 unspecified atom stereocenters. The molecule has 0 aromatic heterocycles. The van der Waals surface area contributed by atoms with Gasteiger partial charge in [0, 0.05) is 0 Å². The predicted octanol–water partition coefficient (Wildman–Crippen LogP) is 2.47. The maximum atomic E-state index is 9.96. The largest absolute Gasteiger partial charge is 0.465 e. The fourth-order valence-corrected chi connectivity index (χ4v) is 1.58. The number of carbonyl (C=O) groups is 1. The SMILES string of the molecule is CC(O)O.CCC.C[C@@H]1CCC[C@H](OC=O)C1. The average Bonchev–Trinajstić information content (AvgIpc) is 2.18. The van der Waals surface area contributed by atoms with E-state index in [9.17, 15) is 4.79 Å². The molecule has 4 heteroatoms. The highest BCUT2D eigenvalue weighted by molar-refractivity contribution is 5.37. The summed E-state index contributed by atoms with van der Waals surface area (Å²) in [4.78, 5) is 9.96. The molecule has 4 nitrogen and oxygen atoms in total. The second-order valence-corrected chi connectivity index (χ2v) is 4.47. The first-order valence-corrected chi connectivity index (χ1v) is 6.43. The van der Waals surface area contributed by atoms with Crippen LogP contribution < -0.4 is 0 Å². The van der Waals surface area contributed by atoms with Crippen LogP contribution in [0.5, 0.6) is 0 Å². The lowest BCUT2D eigenvalue weighted by atomic mass is 9.89. The van der Waals surface area contributed by atoms with Crippen LogP contribution in [0.3, 0.4) is 0 Å². The molecule has 0 spiro atoms. The molecule has 17 heavy (non-hydrogen) atoms. The van der Waals surface area contributed by atoms with Gasteiger partial charge in [-0.25, -0.2) is 0 Å². The maximum Gasteiger partial charge on any atom is 0.293 e. The Bertz CT molecular complexity index is 157. The van der Waals surface area contributed by atoms with Gasteiger partial charge in [-0.05, 0) is 32.1 Å². The van der Waals surface area contributed by atoms with Crippen molar-refractivity contribution >= 4 is 6.47 Å². The first kappa shape index (κ1) is 18.7. The van der Waals surface area contributed by atoms with Crippen molar-refractivity contribution in [2.75, 3.05) is 0 Å². The van der Waals surface area contributed by atoms with E-state index in [1.54, 1.807) is 0 Å². The van der Waals surface area contributed by atoms with Crippen molar-refractivity contribution in [2.45, 2.75) is 72.2 Å². The molecule has 0 aromatic carbocycles. The zero-order valence-corrected chi connectivity index (χ0v) is 11.6. The molecule has 0 radical (unpaired) electrons. The Balaban J connectivity index is 0. The Morgan fingerprint density at radius 2 is 1.82 bits per heavy atom. The van der Waals surface area contributed by atoms with Gasteiger partial charge >= 0.3 is 0 Å². The van der Waals surface area contributed by atoms with Crippen LogP contribution >= 0.6 is 0 Å². The Morgan fingerprint density at radius 1 is 1.35 bits per heavy atom. The molecule has 1 saturated carbocycles. The first-order valence-electron chi connectivity index (χ1n) is 6.43. The van der Waals surface area contributed by atoms with E-state index in [0.29, 0.717) is 6.47 Å². The summed E-state index contributed by atoms with van der Waals surface area (Å²) in [7, 11) is 0. The topological polar surface area (TPSA) is 66.8 Å². The van der Waals surface area contributed by atoms with Gasteiger partial charge in [0.25, 0.3) is 6.47 Å². The summed E-state index contributed by atoms with van der Waals surface area (Å²) in [5, 5.41) is 15.2. The lowest BCUT2D eigenvalue weighted by molar-refractivity contribution is -0.135. The van der Waals surface area contributed by atoms with Crippen molar-refractivity contribution in [1.82, 2.24) is 0 Å². The summed E-state index contributed by atoms with van der Waals surface area (Å²) in [6.45, 7) is 8.31. The van der Waals surface area contributed by atoms with E-state index in [4.69, 9.17) is 14.9 Å². The number of hydrogen-bond acceptors (Lipinski definition) is 4. The minimum Gasteiger partial charge on any atom is -0.465 e. The molecule has 0 aromatic rings. The van der Waals surface area contributed by atoms with E-state index < -0.39 is 6.29 Å². The number of hydrogen-bond donors (Lipinski definition) is 2. The van der Waals surface area contributed by atoms with E-state index in [-0.39, 0.29) is 6.10 Å². The molecular weight excluding hydrogens is 220 g/mol. The van der Waals surface area contributed by atoms with Crippen LogP contribution in [0.25, 0.3) is 0 Å². The van der Waals surface area contributed by atoms with E-state index >= 15 is 0 Å². The fourth-order valence-electron chi connectivity index (χ4n) is 1.58. The molecule has 0 heterocycles. The van der Waals surface area contributed by atoms with E-state index in [1.165, 1.54) is 26.2 Å². The second-order valence-electron chi connectivity index (χ2n) is 4.47. The van der Waals surface area contributed by atoms with Gasteiger partial charge in [-0.2, -0.15) is 0 Å². The van der Waals surface area contributed by atoms with Crippen LogP contribution in [0.4, 0.5) is 0 Å². The van der Waals surface area contributed by atoms with E-state index in [1.807, 2.05) is 0 Å². The Labute approximate surface area is 105 Å². The van der Waals surface area contributed by atoms with Gasteiger partial charge in [-0.1, -0.05) is 33.6 Å². The van der Waals surface area contributed by atoms with Crippen LogP contribution in [0.1, 0.15) is 59.8 Å². The zero-order chi connectivity index (χ0) is 13.7. The average molecular weight is 248 g/mol. The third-order valence-electron chi connectivity index (χ3n) is 2.14. The molecule has 1 rings (SSSR count). The van der Waals surface area contributed by atoms with Gasteiger partial charge < -0.3 is 14.9 Å². The lowest BCUT2D eigenvalue weighted by Gasteiger charge is -2.24. The van der Waals surface area contributed by atoms with Crippen molar-refractivity contribution in [3.05, 3.63) is 0 Å². The highest BCUT2D eigenvalue weighted by Crippen LogP contribution is 2.24. The number of ether oxygens (including phenoxy) is 1. The molecular formula is C13H28O4. The fraction of sp³-hybridized carbons (Fsp3) is 0.923. The standard InChI is InChI=1S/C8H14O2.C3H8.C2H6O2/c1-7-3-2-4-8(5-7)10-6-9;1-3-2;1-2(3)4/h6-8H,2-5H2,1H3;3H2,1-2H3;2-4H,1H3/t7-,8+;;/m1../s1. The normalized spacial score (nSPS) is 22.8. The number of carbonyl (C=O) groups excluding carboxylic acids is 1. The van der Waals surface area contributed by atoms with Crippen molar-refractivity contribution in [3.63, 3.8) is 0 Å². The molecule has 1 aliphatic carbocycles. The van der Waals surface area contributed by atoms with Crippen LogP contribution in [0.15, 0.2) is 0 Å². The molecule has 104 valence electrons. The van der Waals surface area contributed by atoms with Crippen LogP contribution in [-0.2, 0) is 9.53 Å². The summed E-state index contributed by atoms with van der Waals surface area (Å²) in [6, 6.07) is 0. The molecule has 0 bridgehead atoms. The van der Waals surface area contributed by atoms with Crippen molar-refractivity contribution in [1.29, 1.82) is 0 Å². The third kappa shape index (κ3) is 18.0. The molecule has 2 N–H and O–H groups in total. The van der Waals surface area contributed by atoms with Gasteiger partial charge in [0.05, 0.1) is 0 Å². The van der Waals surface area contributed by atoms with Crippen LogP contribution in [-0.4, -0.2) is 29.1 Å². The highest BCUT2D eigenvalue weighted by Gasteiger charge is 2.18. The quantitative estimate of drug-likeness (QED) is 0.582.